The Morgan fingerprint density at radius 2 is 1.38 bits per heavy atom. The average molecular weight is 236 g/mol. The molecule has 0 fully saturated rings. The van der Waals surface area contributed by atoms with Crippen molar-refractivity contribution in [2.24, 2.45) is 11.3 Å². The van der Waals surface area contributed by atoms with E-state index in [0.29, 0.717) is 12.3 Å². The minimum atomic E-state index is -0.595. The molecule has 0 amide bonds. The molecule has 0 saturated carbocycles. The van der Waals surface area contributed by atoms with Crippen molar-refractivity contribution in [3.63, 3.8) is 0 Å². The van der Waals surface area contributed by atoms with E-state index in [0.717, 1.165) is 0 Å². The van der Waals surface area contributed by atoms with Crippen LogP contribution in [0.4, 0.5) is 0 Å². The molecular formula is C12H28O4. The Hall–Kier alpha value is -0.160. The van der Waals surface area contributed by atoms with Crippen molar-refractivity contribution in [2.45, 2.75) is 53.2 Å². The van der Waals surface area contributed by atoms with Gasteiger partial charge in [-0.1, -0.05) is 34.6 Å². The van der Waals surface area contributed by atoms with Crippen molar-refractivity contribution in [1.29, 1.82) is 0 Å². The third kappa shape index (κ3) is 11.9. The molecule has 0 aromatic carbocycles. The van der Waals surface area contributed by atoms with E-state index in [9.17, 15) is 0 Å². The van der Waals surface area contributed by atoms with Crippen LogP contribution in [0.5, 0.6) is 0 Å². The second-order valence-electron chi connectivity index (χ2n) is 5.53. The minimum Gasteiger partial charge on any atom is -0.394 e. The molecule has 0 aromatic heterocycles. The first-order valence-electron chi connectivity index (χ1n) is 5.73. The summed E-state index contributed by atoms with van der Waals surface area (Å²) in [5, 5.41) is 34.5. The first-order chi connectivity index (χ1) is 7.15. The van der Waals surface area contributed by atoms with E-state index in [1.54, 1.807) is 0 Å². The lowest BCUT2D eigenvalue weighted by Gasteiger charge is -2.23. The predicted molar refractivity (Wildman–Crippen MR) is 65.1 cm³/mol. The van der Waals surface area contributed by atoms with Gasteiger partial charge < -0.3 is 20.4 Å². The molecule has 0 bridgehead atoms. The molecule has 0 rings (SSSR count). The topological polar surface area (TPSA) is 80.9 Å². The molecule has 4 N–H and O–H groups in total. The normalized spacial score (nSPS) is 15.4. The van der Waals surface area contributed by atoms with Gasteiger partial charge in [0.1, 0.15) is 0 Å². The predicted octanol–water partition coefficient (Wildman–Crippen LogP) is 0.771. The van der Waals surface area contributed by atoms with Crippen molar-refractivity contribution in [3.05, 3.63) is 0 Å². The lowest BCUT2D eigenvalue weighted by Crippen LogP contribution is -2.29. The van der Waals surface area contributed by atoms with Gasteiger partial charge in [-0.15, -0.1) is 0 Å². The van der Waals surface area contributed by atoms with Crippen LogP contribution >= 0.6 is 0 Å². The third-order valence-corrected chi connectivity index (χ3v) is 2.13. The first kappa shape index (κ1) is 18.2. The highest BCUT2D eigenvalue weighted by atomic mass is 16.3. The number of aliphatic hydroxyl groups is 4. The Balaban J connectivity index is 0. The van der Waals surface area contributed by atoms with Crippen molar-refractivity contribution in [3.8, 4) is 0 Å². The Morgan fingerprint density at radius 3 is 1.44 bits per heavy atom. The van der Waals surface area contributed by atoms with Crippen LogP contribution in [0.3, 0.4) is 0 Å². The fourth-order valence-corrected chi connectivity index (χ4v) is 0.893. The third-order valence-electron chi connectivity index (χ3n) is 2.13. The summed E-state index contributed by atoms with van der Waals surface area (Å²) in [6.07, 6.45) is -0.422. The van der Waals surface area contributed by atoms with Gasteiger partial charge in [0.25, 0.3) is 0 Å². The van der Waals surface area contributed by atoms with Crippen LogP contribution in [0.15, 0.2) is 0 Å². The van der Waals surface area contributed by atoms with E-state index in [1.165, 1.54) is 0 Å². The maximum Gasteiger partial charge on any atom is 0.0819 e. The van der Waals surface area contributed by atoms with Gasteiger partial charge in [0, 0.05) is 0 Å². The summed E-state index contributed by atoms with van der Waals surface area (Å²) >= 11 is 0. The zero-order valence-corrected chi connectivity index (χ0v) is 11.1. The van der Waals surface area contributed by atoms with Crippen LogP contribution in [0, 0.1) is 11.3 Å². The fourth-order valence-electron chi connectivity index (χ4n) is 0.893. The fraction of sp³-hybridized carbons (Fsp3) is 1.00. The van der Waals surface area contributed by atoms with E-state index in [2.05, 4.69) is 0 Å². The SMILES string of the molecule is CC(C)(C)C(O)CO.CC(C)CC(O)CO. The minimum absolute atomic E-state index is 0.113. The Kier molecular flexibility index (Phi) is 10.2. The molecule has 16 heavy (non-hydrogen) atoms. The summed E-state index contributed by atoms with van der Waals surface area (Å²) in [4.78, 5) is 0. The lowest BCUT2D eigenvalue weighted by atomic mass is 9.90. The zero-order valence-electron chi connectivity index (χ0n) is 11.1. The largest absolute Gasteiger partial charge is 0.394 e. The quantitative estimate of drug-likeness (QED) is 0.581. The molecule has 2 atom stereocenters. The summed E-state index contributed by atoms with van der Waals surface area (Å²) < 4.78 is 0. The zero-order chi connectivity index (χ0) is 13.4. The summed E-state index contributed by atoms with van der Waals surface area (Å²) in [6, 6.07) is 0. The van der Waals surface area contributed by atoms with E-state index in [-0.39, 0.29) is 18.6 Å². The van der Waals surface area contributed by atoms with Crippen molar-refractivity contribution < 1.29 is 20.4 Å². The molecule has 0 saturated heterocycles. The highest BCUT2D eigenvalue weighted by Gasteiger charge is 2.20. The highest BCUT2D eigenvalue weighted by molar-refractivity contribution is 4.70. The molecule has 0 heterocycles. The molecule has 4 nitrogen and oxygen atoms in total. The monoisotopic (exact) mass is 236 g/mol. The molecule has 0 aliphatic carbocycles. The molecule has 0 spiro atoms. The van der Waals surface area contributed by atoms with Gasteiger partial charge in [0.15, 0.2) is 0 Å². The second kappa shape index (κ2) is 8.93. The van der Waals surface area contributed by atoms with Gasteiger partial charge >= 0.3 is 0 Å². The van der Waals surface area contributed by atoms with Crippen LogP contribution in [0.1, 0.15) is 41.0 Å². The van der Waals surface area contributed by atoms with Crippen LogP contribution < -0.4 is 0 Å². The molecule has 2 unspecified atom stereocenters. The average Bonchev–Trinajstić information content (AvgIpc) is 2.15. The Labute approximate surface area is 98.9 Å². The van der Waals surface area contributed by atoms with Crippen molar-refractivity contribution in [1.82, 2.24) is 0 Å². The summed E-state index contributed by atoms with van der Waals surface area (Å²) in [6.45, 7) is 9.41. The van der Waals surface area contributed by atoms with E-state index < -0.39 is 12.2 Å². The molecule has 0 aliphatic heterocycles. The van der Waals surface area contributed by atoms with Crippen LogP contribution in [0.2, 0.25) is 0 Å². The number of hydrogen-bond donors (Lipinski definition) is 4. The Morgan fingerprint density at radius 1 is 0.938 bits per heavy atom. The summed E-state index contributed by atoms with van der Waals surface area (Å²) in [7, 11) is 0. The molecule has 4 heteroatoms. The number of hydrogen-bond acceptors (Lipinski definition) is 4. The van der Waals surface area contributed by atoms with Crippen LogP contribution in [-0.4, -0.2) is 45.8 Å². The highest BCUT2D eigenvalue weighted by Crippen LogP contribution is 2.17. The summed E-state index contributed by atoms with van der Waals surface area (Å²) in [5.74, 6) is 0.470. The second-order valence-corrected chi connectivity index (χ2v) is 5.53. The number of rotatable bonds is 4. The molecule has 0 aliphatic rings. The lowest BCUT2D eigenvalue weighted by molar-refractivity contribution is 0.0133. The smallest absolute Gasteiger partial charge is 0.0819 e. The van der Waals surface area contributed by atoms with Crippen LogP contribution in [-0.2, 0) is 0 Å². The van der Waals surface area contributed by atoms with Gasteiger partial charge in [-0.3, -0.25) is 0 Å². The maximum absolute atomic E-state index is 8.94. The van der Waals surface area contributed by atoms with Gasteiger partial charge in [-0.25, -0.2) is 0 Å². The first-order valence-corrected chi connectivity index (χ1v) is 5.73. The molecule has 0 aromatic rings. The van der Waals surface area contributed by atoms with Crippen LogP contribution in [0.25, 0.3) is 0 Å². The molecule has 100 valence electrons. The summed E-state index contributed by atoms with van der Waals surface area (Å²) in [5.41, 5.74) is -0.186. The molecular weight excluding hydrogens is 208 g/mol. The molecule has 0 radical (unpaired) electrons. The van der Waals surface area contributed by atoms with Crippen molar-refractivity contribution in [2.75, 3.05) is 13.2 Å². The van der Waals surface area contributed by atoms with Gasteiger partial charge in [-0.05, 0) is 17.8 Å². The van der Waals surface area contributed by atoms with E-state index >= 15 is 0 Å². The van der Waals surface area contributed by atoms with Gasteiger partial charge in [0.2, 0.25) is 0 Å². The number of aliphatic hydroxyl groups excluding tert-OH is 4. The maximum atomic E-state index is 8.94. The van der Waals surface area contributed by atoms with E-state index in [1.807, 2.05) is 34.6 Å². The van der Waals surface area contributed by atoms with Gasteiger partial charge in [-0.2, -0.15) is 0 Å². The standard InChI is InChI=1S/2C6H14O2/c1-6(2,3)5(8)4-7;1-5(2)3-6(8)4-7/h5,7-8H,4H2,1-3H3;5-8H,3-4H2,1-2H3. The van der Waals surface area contributed by atoms with Crippen molar-refractivity contribution >= 4 is 0 Å². The Bertz CT molecular complexity index is 152. The van der Waals surface area contributed by atoms with E-state index in [4.69, 9.17) is 20.4 Å². The van der Waals surface area contributed by atoms with Gasteiger partial charge in [0.05, 0.1) is 25.4 Å².